The van der Waals surface area contributed by atoms with Crippen LogP contribution in [0.3, 0.4) is 0 Å². The second kappa shape index (κ2) is 5.58. The van der Waals surface area contributed by atoms with Crippen molar-refractivity contribution >= 4 is 0 Å². The van der Waals surface area contributed by atoms with Gasteiger partial charge in [0.2, 0.25) is 0 Å². The predicted octanol–water partition coefficient (Wildman–Crippen LogP) is 0.918. The first kappa shape index (κ1) is 11.0. The van der Waals surface area contributed by atoms with Crippen LogP contribution in [0.15, 0.2) is 0 Å². The van der Waals surface area contributed by atoms with Crippen molar-refractivity contribution in [3.8, 4) is 0 Å². The van der Waals surface area contributed by atoms with E-state index in [1.165, 1.54) is 0 Å². The molecule has 1 aliphatic heterocycles. The Bertz CT molecular complexity index is 131. The third-order valence-electron chi connectivity index (χ3n) is 2.72. The quantitative estimate of drug-likeness (QED) is 0.687. The van der Waals surface area contributed by atoms with E-state index in [9.17, 15) is 5.11 Å². The summed E-state index contributed by atoms with van der Waals surface area (Å²) in [6.07, 6.45) is 4.13. The molecule has 78 valence electrons. The molecule has 0 aliphatic carbocycles. The number of nitrogens with one attached hydrogen (secondary N) is 1. The summed E-state index contributed by atoms with van der Waals surface area (Å²) < 4.78 is 5.38. The van der Waals surface area contributed by atoms with E-state index in [1.807, 2.05) is 0 Å². The zero-order valence-electron chi connectivity index (χ0n) is 8.51. The van der Waals surface area contributed by atoms with Crippen molar-refractivity contribution in [1.82, 2.24) is 5.32 Å². The highest BCUT2D eigenvalue weighted by molar-refractivity contribution is 4.88. The Labute approximate surface area is 80.5 Å². The Balaban J connectivity index is 2.43. The summed E-state index contributed by atoms with van der Waals surface area (Å²) in [4.78, 5) is 0. The molecule has 1 rings (SSSR count). The van der Waals surface area contributed by atoms with E-state index in [0.717, 1.165) is 45.4 Å². The molecule has 3 nitrogen and oxygen atoms in total. The molecule has 0 aromatic heterocycles. The largest absolute Gasteiger partial charge is 0.394 e. The number of ether oxygens (including phenoxy) is 1. The van der Waals surface area contributed by atoms with E-state index >= 15 is 0 Å². The highest BCUT2D eigenvalue weighted by Crippen LogP contribution is 2.20. The topological polar surface area (TPSA) is 41.5 Å². The summed E-state index contributed by atoms with van der Waals surface area (Å²) in [6.45, 7) is 4.98. The van der Waals surface area contributed by atoms with E-state index in [-0.39, 0.29) is 12.1 Å². The predicted molar refractivity (Wildman–Crippen MR) is 52.8 cm³/mol. The Morgan fingerprint density at radius 2 is 2.23 bits per heavy atom. The lowest BCUT2D eigenvalue weighted by Gasteiger charge is -2.31. The molecule has 3 heteroatoms. The molecule has 0 saturated carbocycles. The summed E-state index contributed by atoms with van der Waals surface area (Å²) in [5.41, 5.74) is -0.0630. The number of hydrogen-bond acceptors (Lipinski definition) is 3. The molecule has 1 aliphatic rings. The molecular weight excluding hydrogens is 166 g/mol. The average molecular weight is 187 g/mol. The van der Waals surface area contributed by atoms with Crippen molar-refractivity contribution < 1.29 is 9.84 Å². The Morgan fingerprint density at radius 1 is 1.38 bits per heavy atom. The van der Waals surface area contributed by atoms with Crippen LogP contribution in [-0.4, -0.2) is 37.0 Å². The van der Waals surface area contributed by atoms with Gasteiger partial charge in [0.1, 0.15) is 0 Å². The lowest BCUT2D eigenvalue weighted by molar-refractivity contribution is 0.114. The zero-order valence-corrected chi connectivity index (χ0v) is 8.51. The first-order valence-electron chi connectivity index (χ1n) is 5.26. The Hall–Kier alpha value is -0.120. The first-order chi connectivity index (χ1) is 6.33. The normalized spacial score (nSPS) is 30.0. The van der Waals surface area contributed by atoms with E-state index in [4.69, 9.17) is 4.74 Å². The third-order valence-corrected chi connectivity index (χ3v) is 2.72. The molecule has 0 aromatic carbocycles. The molecule has 0 spiro atoms. The second-order valence-electron chi connectivity index (χ2n) is 3.83. The monoisotopic (exact) mass is 187 g/mol. The van der Waals surface area contributed by atoms with Crippen molar-refractivity contribution in [3.05, 3.63) is 0 Å². The van der Waals surface area contributed by atoms with Gasteiger partial charge in [-0.25, -0.2) is 0 Å². The molecule has 1 fully saturated rings. The first-order valence-corrected chi connectivity index (χ1v) is 5.26. The van der Waals surface area contributed by atoms with E-state index in [1.54, 1.807) is 0 Å². The molecule has 13 heavy (non-hydrogen) atoms. The van der Waals surface area contributed by atoms with Gasteiger partial charge in [-0.2, -0.15) is 0 Å². The minimum absolute atomic E-state index is 0.0630. The summed E-state index contributed by atoms with van der Waals surface area (Å²) in [5, 5.41) is 12.8. The highest BCUT2D eigenvalue weighted by Gasteiger charge is 2.29. The highest BCUT2D eigenvalue weighted by atomic mass is 16.5. The van der Waals surface area contributed by atoms with Crippen molar-refractivity contribution in [2.45, 2.75) is 38.1 Å². The Morgan fingerprint density at radius 3 is 2.92 bits per heavy atom. The fourth-order valence-corrected chi connectivity index (χ4v) is 1.79. The van der Waals surface area contributed by atoms with Crippen LogP contribution in [-0.2, 0) is 4.74 Å². The van der Waals surface area contributed by atoms with Crippen molar-refractivity contribution in [2.24, 2.45) is 0 Å². The third kappa shape index (κ3) is 3.25. The molecule has 2 N–H and O–H groups in total. The van der Waals surface area contributed by atoms with Crippen LogP contribution < -0.4 is 5.32 Å². The SMILES string of the molecule is CCCNC1(CO)CCCOCC1. The van der Waals surface area contributed by atoms with Crippen molar-refractivity contribution in [1.29, 1.82) is 0 Å². The standard InChI is InChI=1S/C10H21NO2/c1-2-6-11-10(9-12)4-3-7-13-8-5-10/h11-12H,2-9H2,1H3. The molecule has 0 radical (unpaired) electrons. The maximum absolute atomic E-state index is 9.38. The number of hydrogen-bond donors (Lipinski definition) is 2. The summed E-state index contributed by atoms with van der Waals surface area (Å²) in [6, 6.07) is 0. The van der Waals surface area contributed by atoms with Crippen molar-refractivity contribution in [3.63, 3.8) is 0 Å². The number of aliphatic hydroxyl groups is 1. The van der Waals surface area contributed by atoms with Gasteiger partial charge in [-0.3, -0.25) is 0 Å². The van der Waals surface area contributed by atoms with Crippen LogP contribution in [0, 0.1) is 0 Å². The fraction of sp³-hybridized carbons (Fsp3) is 1.00. The van der Waals surface area contributed by atoms with Gasteiger partial charge in [0.05, 0.1) is 6.61 Å². The maximum Gasteiger partial charge on any atom is 0.0614 e. The van der Waals surface area contributed by atoms with Crippen LogP contribution in [0.2, 0.25) is 0 Å². The molecule has 0 amide bonds. The van der Waals surface area contributed by atoms with Gasteiger partial charge in [0.15, 0.2) is 0 Å². The average Bonchev–Trinajstić information content (AvgIpc) is 2.41. The molecule has 1 unspecified atom stereocenters. The molecule has 1 saturated heterocycles. The van der Waals surface area contributed by atoms with E-state index in [2.05, 4.69) is 12.2 Å². The van der Waals surface area contributed by atoms with Gasteiger partial charge >= 0.3 is 0 Å². The van der Waals surface area contributed by atoms with Crippen molar-refractivity contribution in [2.75, 3.05) is 26.4 Å². The van der Waals surface area contributed by atoms with Crippen LogP contribution in [0.25, 0.3) is 0 Å². The number of aliphatic hydroxyl groups excluding tert-OH is 1. The second-order valence-corrected chi connectivity index (χ2v) is 3.83. The van der Waals surface area contributed by atoms with Gasteiger partial charge in [0.25, 0.3) is 0 Å². The Kier molecular flexibility index (Phi) is 4.70. The smallest absolute Gasteiger partial charge is 0.0614 e. The van der Waals surface area contributed by atoms with E-state index in [0.29, 0.717) is 0 Å². The maximum atomic E-state index is 9.38. The summed E-state index contributed by atoms with van der Waals surface area (Å²) in [5.74, 6) is 0. The van der Waals surface area contributed by atoms with Gasteiger partial charge < -0.3 is 15.2 Å². The van der Waals surface area contributed by atoms with Crippen LogP contribution in [0.1, 0.15) is 32.6 Å². The molecular formula is C10H21NO2. The lowest BCUT2D eigenvalue weighted by Crippen LogP contribution is -2.49. The summed E-state index contributed by atoms with van der Waals surface area (Å²) in [7, 11) is 0. The van der Waals surface area contributed by atoms with Gasteiger partial charge in [0, 0.05) is 18.8 Å². The molecule has 0 bridgehead atoms. The fourth-order valence-electron chi connectivity index (χ4n) is 1.79. The minimum Gasteiger partial charge on any atom is -0.394 e. The minimum atomic E-state index is -0.0630. The molecule has 0 aromatic rings. The van der Waals surface area contributed by atoms with Crippen LogP contribution in [0.4, 0.5) is 0 Å². The van der Waals surface area contributed by atoms with Gasteiger partial charge in [-0.1, -0.05) is 6.92 Å². The van der Waals surface area contributed by atoms with Gasteiger partial charge in [-0.05, 0) is 32.2 Å². The lowest BCUT2D eigenvalue weighted by atomic mass is 9.91. The molecule has 1 heterocycles. The number of rotatable bonds is 4. The van der Waals surface area contributed by atoms with Gasteiger partial charge in [-0.15, -0.1) is 0 Å². The summed E-state index contributed by atoms with van der Waals surface area (Å²) >= 11 is 0. The van der Waals surface area contributed by atoms with Crippen LogP contribution >= 0.6 is 0 Å². The van der Waals surface area contributed by atoms with E-state index < -0.39 is 0 Å². The zero-order chi connectivity index (χ0) is 9.57. The molecule has 1 atom stereocenters. The van der Waals surface area contributed by atoms with Crippen LogP contribution in [0.5, 0.6) is 0 Å².